The minimum absolute atomic E-state index is 0.0196. The molecule has 2 rings (SSSR count). The van der Waals surface area contributed by atoms with Gasteiger partial charge in [-0.3, -0.25) is 0 Å². The van der Waals surface area contributed by atoms with Crippen LogP contribution in [-0.4, -0.2) is 17.8 Å². The third-order valence-corrected chi connectivity index (χ3v) is 3.29. The molecule has 2 nitrogen and oxygen atoms in total. The Bertz CT molecular complexity index is 596. The zero-order chi connectivity index (χ0) is 16.9. The molecule has 1 N–H and O–H groups in total. The van der Waals surface area contributed by atoms with Crippen LogP contribution in [0.4, 0.5) is 17.6 Å². The van der Waals surface area contributed by atoms with Crippen LogP contribution in [0.5, 0.6) is 0 Å². The van der Waals surface area contributed by atoms with Crippen molar-refractivity contribution in [2.24, 2.45) is 0 Å². The van der Waals surface area contributed by atoms with Gasteiger partial charge >= 0.3 is 6.18 Å². The molecule has 0 spiro atoms. The molecule has 23 heavy (non-hydrogen) atoms. The summed E-state index contributed by atoms with van der Waals surface area (Å²) in [7, 11) is 0. The summed E-state index contributed by atoms with van der Waals surface area (Å²) in [5.74, 6) is 0. The van der Waals surface area contributed by atoms with Gasteiger partial charge in [-0.2, -0.15) is 13.2 Å². The molecule has 0 bridgehead atoms. The van der Waals surface area contributed by atoms with Crippen molar-refractivity contribution in [3.05, 3.63) is 71.3 Å². The summed E-state index contributed by atoms with van der Waals surface area (Å²) in [5.41, 5.74) is 0.00159. The van der Waals surface area contributed by atoms with Gasteiger partial charge in [-0.15, -0.1) is 0 Å². The van der Waals surface area contributed by atoms with Crippen molar-refractivity contribution in [1.82, 2.24) is 0 Å². The number of hydrogen-bond donors (Lipinski definition) is 1. The molecule has 0 amide bonds. The molecule has 0 saturated carbocycles. The smallest absolute Gasteiger partial charge is 0.387 e. The molecular weight excluding hydrogens is 312 g/mol. The van der Waals surface area contributed by atoms with E-state index in [0.717, 1.165) is 29.8 Å². The Hall–Kier alpha value is -1.92. The number of hydrogen-bond acceptors (Lipinski definition) is 2. The lowest BCUT2D eigenvalue weighted by atomic mass is 10.0. The highest BCUT2D eigenvalue weighted by Crippen LogP contribution is 2.31. The second kappa shape index (κ2) is 7.57. The molecule has 0 aliphatic carbocycles. The van der Waals surface area contributed by atoms with E-state index in [-0.39, 0.29) is 18.8 Å². The SMILES string of the molecule is O[C@H](COCc1ccccc1)[C@H](F)c1ccc(C(F)(F)F)cc1. The number of halogens is 4. The van der Waals surface area contributed by atoms with E-state index in [1.54, 1.807) is 0 Å². The average molecular weight is 328 g/mol. The van der Waals surface area contributed by atoms with Gasteiger partial charge in [0.2, 0.25) is 0 Å². The summed E-state index contributed by atoms with van der Waals surface area (Å²) < 4.78 is 56.6. The van der Waals surface area contributed by atoms with E-state index in [1.807, 2.05) is 30.3 Å². The van der Waals surface area contributed by atoms with E-state index >= 15 is 0 Å². The van der Waals surface area contributed by atoms with Crippen LogP contribution in [0.2, 0.25) is 0 Å². The van der Waals surface area contributed by atoms with E-state index < -0.39 is 24.0 Å². The lowest BCUT2D eigenvalue weighted by Crippen LogP contribution is -2.21. The zero-order valence-corrected chi connectivity index (χ0v) is 12.1. The summed E-state index contributed by atoms with van der Waals surface area (Å²) >= 11 is 0. The van der Waals surface area contributed by atoms with Crippen molar-refractivity contribution in [3.63, 3.8) is 0 Å². The van der Waals surface area contributed by atoms with Crippen molar-refractivity contribution in [2.75, 3.05) is 6.61 Å². The Kier molecular flexibility index (Phi) is 5.74. The highest BCUT2D eigenvalue weighted by molar-refractivity contribution is 5.26. The Labute approximate surface area is 131 Å². The molecule has 124 valence electrons. The Balaban J connectivity index is 1.88. The first-order chi connectivity index (χ1) is 10.9. The summed E-state index contributed by atoms with van der Waals surface area (Å²) in [6.45, 7) is -0.0330. The van der Waals surface area contributed by atoms with E-state index in [1.165, 1.54) is 0 Å². The van der Waals surface area contributed by atoms with Crippen LogP contribution in [0.3, 0.4) is 0 Å². The lowest BCUT2D eigenvalue weighted by molar-refractivity contribution is -0.137. The van der Waals surface area contributed by atoms with Gasteiger partial charge in [0, 0.05) is 0 Å². The molecule has 0 fully saturated rings. The van der Waals surface area contributed by atoms with E-state index in [9.17, 15) is 22.7 Å². The van der Waals surface area contributed by atoms with Gasteiger partial charge in [0.25, 0.3) is 0 Å². The number of benzene rings is 2. The van der Waals surface area contributed by atoms with E-state index in [4.69, 9.17) is 4.74 Å². The topological polar surface area (TPSA) is 29.5 Å². The van der Waals surface area contributed by atoms with Gasteiger partial charge in [0.1, 0.15) is 6.10 Å². The molecule has 0 aliphatic heterocycles. The van der Waals surface area contributed by atoms with Gasteiger partial charge in [-0.05, 0) is 23.3 Å². The first kappa shape index (κ1) is 17.4. The summed E-state index contributed by atoms with van der Waals surface area (Å²) in [4.78, 5) is 0. The van der Waals surface area contributed by atoms with E-state index in [2.05, 4.69) is 0 Å². The highest BCUT2D eigenvalue weighted by Gasteiger charge is 2.30. The molecule has 2 atom stereocenters. The number of alkyl halides is 4. The predicted molar refractivity (Wildman–Crippen MR) is 77.4 cm³/mol. The van der Waals surface area contributed by atoms with Gasteiger partial charge < -0.3 is 9.84 Å². The number of aliphatic hydroxyl groups is 1. The van der Waals surface area contributed by atoms with Gasteiger partial charge in [0.05, 0.1) is 18.8 Å². The maximum Gasteiger partial charge on any atom is 0.416 e. The van der Waals surface area contributed by atoms with Gasteiger partial charge in [0.15, 0.2) is 6.17 Å². The standard InChI is InChI=1S/C17H16F4O2/c18-16(13-6-8-14(9-7-13)17(19,20)21)15(22)11-23-10-12-4-2-1-3-5-12/h1-9,15-16,22H,10-11H2/t15-,16-/m1/s1. The third kappa shape index (κ3) is 5.04. The van der Waals surface area contributed by atoms with Crippen molar-refractivity contribution in [1.29, 1.82) is 0 Å². The van der Waals surface area contributed by atoms with Crippen LogP contribution >= 0.6 is 0 Å². The Morgan fingerprint density at radius 1 is 0.957 bits per heavy atom. The minimum atomic E-state index is -4.47. The average Bonchev–Trinajstić information content (AvgIpc) is 2.54. The van der Waals surface area contributed by atoms with Crippen molar-refractivity contribution >= 4 is 0 Å². The first-order valence-corrected chi connectivity index (χ1v) is 6.99. The summed E-state index contributed by atoms with van der Waals surface area (Å²) in [6, 6.07) is 12.8. The van der Waals surface area contributed by atoms with Crippen LogP contribution in [0.25, 0.3) is 0 Å². The minimum Gasteiger partial charge on any atom is -0.387 e. The molecule has 0 aromatic heterocycles. The molecule has 2 aromatic carbocycles. The number of ether oxygens (including phenoxy) is 1. The quantitative estimate of drug-likeness (QED) is 0.802. The molecular formula is C17H16F4O2. The van der Waals surface area contributed by atoms with Gasteiger partial charge in [-0.25, -0.2) is 4.39 Å². The summed E-state index contributed by atoms with van der Waals surface area (Å²) in [5, 5.41) is 9.76. The Morgan fingerprint density at radius 3 is 2.13 bits per heavy atom. The zero-order valence-electron chi connectivity index (χ0n) is 12.1. The molecule has 0 heterocycles. The molecule has 2 aromatic rings. The number of aliphatic hydroxyl groups excluding tert-OH is 1. The maximum atomic E-state index is 14.1. The van der Waals surface area contributed by atoms with Crippen LogP contribution < -0.4 is 0 Å². The molecule has 6 heteroatoms. The van der Waals surface area contributed by atoms with Crippen LogP contribution in [-0.2, 0) is 17.5 Å². The van der Waals surface area contributed by atoms with Crippen molar-refractivity contribution in [3.8, 4) is 0 Å². The second-order valence-corrected chi connectivity index (χ2v) is 5.09. The van der Waals surface area contributed by atoms with Gasteiger partial charge in [-0.1, -0.05) is 42.5 Å². The largest absolute Gasteiger partial charge is 0.416 e. The third-order valence-electron chi connectivity index (χ3n) is 3.29. The van der Waals surface area contributed by atoms with E-state index in [0.29, 0.717) is 0 Å². The lowest BCUT2D eigenvalue weighted by Gasteiger charge is -2.17. The first-order valence-electron chi connectivity index (χ1n) is 6.99. The van der Waals surface area contributed by atoms with Crippen LogP contribution in [0.15, 0.2) is 54.6 Å². The fourth-order valence-corrected chi connectivity index (χ4v) is 2.03. The number of rotatable bonds is 6. The molecule has 0 radical (unpaired) electrons. The predicted octanol–water partition coefficient (Wildman–Crippen LogP) is 4.29. The summed E-state index contributed by atoms with van der Waals surface area (Å²) in [6.07, 6.45) is -7.73. The normalized spacial score (nSPS) is 14.5. The molecule has 0 unspecified atom stereocenters. The van der Waals surface area contributed by atoms with Crippen molar-refractivity contribution in [2.45, 2.75) is 25.1 Å². The maximum absolute atomic E-state index is 14.1. The fraction of sp³-hybridized carbons (Fsp3) is 0.294. The highest BCUT2D eigenvalue weighted by atomic mass is 19.4. The van der Waals surface area contributed by atoms with Crippen LogP contribution in [0.1, 0.15) is 22.9 Å². The molecule has 0 saturated heterocycles. The second-order valence-electron chi connectivity index (χ2n) is 5.09. The van der Waals surface area contributed by atoms with Crippen molar-refractivity contribution < 1.29 is 27.4 Å². The molecule has 0 aliphatic rings. The Morgan fingerprint density at radius 2 is 1.57 bits per heavy atom. The van der Waals surface area contributed by atoms with Crippen LogP contribution in [0, 0.1) is 0 Å². The monoisotopic (exact) mass is 328 g/mol. The fourth-order valence-electron chi connectivity index (χ4n) is 2.03.